The highest BCUT2D eigenvalue weighted by atomic mass is 35.5. The fraction of sp³-hybridized carbons (Fsp3) is 0.579. The minimum atomic E-state index is -0.726. The van der Waals surface area contributed by atoms with E-state index < -0.39 is 11.0 Å². The number of carbonyl (C=O) groups is 2. The van der Waals surface area contributed by atoms with Crippen molar-refractivity contribution in [3.63, 3.8) is 0 Å². The van der Waals surface area contributed by atoms with Gasteiger partial charge in [-0.05, 0) is 51.3 Å². The van der Waals surface area contributed by atoms with E-state index in [1.54, 1.807) is 0 Å². The van der Waals surface area contributed by atoms with Crippen molar-refractivity contribution >= 4 is 30.0 Å². The average Bonchev–Trinajstić information content (AvgIpc) is 2.53. The Kier molecular flexibility index (Phi) is 7.03. The maximum Gasteiger partial charge on any atom is 0.315 e. The number of carbonyl (C=O) groups excluding carboxylic acids is 2. The van der Waals surface area contributed by atoms with E-state index in [-0.39, 0.29) is 30.2 Å². The van der Waals surface area contributed by atoms with Gasteiger partial charge >= 0.3 is 5.97 Å². The second-order valence-electron chi connectivity index (χ2n) is 7.49. The predicted octanol–water partition coefficient (Wildman–Crippen LogP) is 3.41. The number of halogens is 1. The van der Waals surface area contributed by atoms with Crippen LogP contribution in [0.15, 0.2) is 24.3 Å². The Morgan fingerprint density at radius 3 is 2.36 bits per heavy atom. The summed E-state index contributed by atoms with van der Waals surface area (Å²) >= 11 is 0. The first-order valence-electron chi connectivity index (χ1n) is 8.47. The second kappa shape index (κ2) is 8.19. The predicted molar refractivity (Wildman–Crippen MR) is 102 cm³/mol. The maximum atomic E-state index is 12.6. The van der Waals surface area contributed by atoms with Crippen LogP contribution in [0.3, 0.4) is 0 Å². The van der Waals surface area contributed by atoms with Crippen molar-refractivity contribution in [3.05, 3.63) is 29.8 Å². The van der Waals surface area contributed by atoms with Gasteiger partial charge in [0, 0.05) is 11.2 Å². The van der Waals surface area contributed by atoms with Crippen molar-refractivity contribution in [2.45, 2.75) is 57.4 Å². The molecule has 0 bridgehead atoms. The van der Waals surface area contributed by atoms with Gasteiger partial charge in [0.2, 0.25) is 5.91 Å². The van der Waals surface area contributed by atoms with Gasteiger partial charge in [-0.3, -0.25) is 9.59 Å². The number of methoxy groups -OCH3 is 1. The Bertz CT molecular complexity index is 612. The highest BCUT2D eigenvalue weighted by Crippen LogP contribution is 2.33. The minimum Gasteiger partial charge on any atom is -0.468 e. The van der Waals surface area contributed by atoms with Crippen LogP contribution in [0.5, 0.6) is 0 Å². The topological polar surface area (TPSA) is 81.4 Å². The Morgan fingerprint density at radius 2 is 1.84 bits per heavy atom. The van der Waals surface area contributed by atoms with E-state index in [2.05, 4.69) is 5.32 Å². The number of amides is 1. The van der Waals surface area contributed by atoms with Crippen LogP contribution in [0.2, 0.25) is 0 Å². The molecule has 1 aromatic carbocycles. The van der Waals surface area contributed by atoms with E-state index in [0.717, 1.165) is 31.2 Å². The van der Waals surface area contributed by atoms with Crippen molar-refractivity contribution in [2.24, 2.45) is 11.7 Å². The number of anilines is 1. The summed E-state index contributed by atoms with van der Waals surface area (Å²) in [5.74, 6) is -0.488. The molecule has 1 aliphatic rings. The number of hydrogen-bond donors (Lipinski definition) is 2. The quantitative estimate of drug-likeness (QED) is 0.798. The fourth-order valence-electron chi connectivity index (χ4n) is 3.36. The molecule has 25 heavy (non-hydrogen) atoms. The molecule has 1 fully saturated rings. The molecule has 1 aromatic rings. The van der Waals surface area contributed by atoms with Crippen LogP contribution in [0.1, 0.15) is 52.0 Å². The van der Waals surface area contributed by atoms with Crippen molar-refractivity contribution in [2.75, 3.05) is 12.4 Å². The lowest BCUT2D eigenvalue weighted by molar-refractivity contribution is -0.146. The first-order chi connectivity index (χ1) is 11.2. The third kappa shape index (κ3) is 4.73. The zero-order valence-electron chi connectivity index (χ0n) is 15.4. The zero-order valence-corrected chi connectivity index (χ0v) is 16.2. The maximum absolute atomic E-state index is 12.6. The molecule has 1 aliphatic carbocycles. The van der Waals surface area contributed by atoms with Gasteiger partial charge in [0.25, 0.3) is 0 Å². The Balaban J connectivity index is 0.00000312. The van der Waals surface area contributed by atoms with Gasteiger partial charge in [-0.15, -0.1) is 12.4 Å². The lowest BCUT2D eigenvalue weighted by Gasteiger charge is -2.37. The van der Waals surface area contributed by atoms with E-state index in [1.807, 2.05) is 45.0 Å². The minimum absolute atomic E-state index is 0. The number of nitrogens with one attached hydrogen (secondary N) is 1. The molecule has 0 aliphatic heterocycles. The van der Waals surface area contributed by atoms with Crippen LogP contribution >= 0.6 is 12.4 Å². The van der Waals surface area contributed by atoms with Gasteiger partial charge in [-0.2, -0.15) is 0 Å². The van der Waals surface area contributed by atoms with Gasteiger partial charge in [0.15, 0.2) is 0 Å². The summed E-state index contributed by atoms with van der Waals surface area (Å²) in [6.07, 6.45) is 3.81. The molecule has 0 radical (unpaired) electrons. The molecule has 2 atom stereocenters. The monoisotopic (exact) mass is 368 g/mol. The van der Waals surface area contributed by atoms with Crippen molar-refractivity contribution in [1.29, 1.82) is 0 Å². The average molecular weight is 369 g/mol. The lowest BCUT2D eigenvalue weighted by Crippen LogP contribution is -2.51. The summed E-state index contributed by atoms with van der Waals surface area (Å²) in [7, 11) is 1.38. The Hall–Kier alpha value is -1.59. The number of nitrogens with two attached hydrogens (primary N) is 1. The molecular weight excluding hydrogens is 340 g/mol. The van der Waals surface area contributed by atoms with E-state index in [0.29, 0.717) is 5.69 Å². The molecule has 1 amide bonds. The largest absolute Gasteiger partial charge is 0.468 e. The molecule has 3 N–H and O–H groups in total. The standard InChI is InChI=1S/C19H28N2O3.ClH/c1-18(2,17(23)24-4)13-8-10-14(11-9-13)21-16(22)15-7-5-6-12-19(15,3)20;/h8-11,15H,5-7,12,20H2,1-4H3,(H,21,22);1H. The first kappa shape index (κ1) is 21.5. The van der Waals surface area contributed by atoms with Gasteiger partial charge in [-0.1, -0.05) is 25.0 Å². The van der Waals surface area contributed by atoms with E-state index in [1.165, 1.54) is 7.11 Å². The number of esters is 1. The molecule has 0 spiro atoms. The van der Waals surface area contributed by atoms with Crippen LogP contribution in [0.25, 0.3) is 0 Å². The van der Waals surface area contributed by atoms with Crippen molar-refractivity contribution < 1.29 is 14.3 Å². The summed E-state index contributed by atoms with van der Waals surface area (Å²) < 4.78 is 4.84. The third-order valence-electron chi connectivity index (χ3n) is 5.14. The van der Waals surface area contributed by atoms with Crippen LogP contribution < -0.4 is 11.1 Å². The van der Waals surface area contributed by atoms with Gasteiger partial charge in [0.05, 0.1) is 18.4 Å². The van der Waals surface area contributed by atoms with Gasteiger partial charge in [0.1, 0.15) is 0 Å². The van der Waals surface area contributed by atoms with Crippen LogP contribution in [0, 0.1) is 5.92 Å². The summed E-state index contributed by atoms with van der Waals surface area (Å²) in [4.78, 5) is 24.4. The highest BCUT2D eigenvalue weighted by molar-refractivity contribution is 5.93. The number of hydrogen-bond acceptors (Lipinski definition) is 4. The SMILES string of the molecule is COC(=O)C(C)(C)c1ccc(NC(=O)C2CCCCC2(C)N)cc1.Cl. The molecule has 0 heterocycles. The molecular formula is C19H29ClN2O3. The highest BCUT2D eigenvalue weighted by Gasteiger charge is 2.37. The van der Waals surface area contributed by atoms with Crippen LogP contribution in [0.4, 0.5) is 5.69 Å². The second-order valence-corrected chi connectivity index (χ2v) is 7.49. The fourth-order valence-corrected chi connectivity index (χ4v) is 3.36. The third-order valence-corrected chi connectivity index (χ3v) is 5.14. The van der Waals surface area contributed by atoms with E-state index >= 15 is 0 Å². The summed E-state index contributed by atoms with van der Waals surface area (Å²) in [6, 6.07) is 7.31. The Labute approximate surface area is 156 Å². The Morgan fingerprint density at radius 1 is 1.24 bits per heavy atom. The van der Waals surface area contributed by atoms with Gasteiger partial charge < -0.3 is 15.8 Å². The van der Waals surface area contributed by atoms with Crippen molar-refractivity contribution in [1.82, 2.24) is 0 Å². The number of ether oxygens (including phenoxy) is 1. The molecule has 2 rings (SSSR count). The smallest absolute Gasteiger partial charge is 0.315 e. The van der Waals surface area contributed by atoms with Gasteiger partial charge in [-0.25, -0.2) is 0 Å². The molecule has 6 heteroatoms. The summed E-state index contributed by atoms with van der Waals surface area (Å²) in [6.45, 7) is 5.58. The molecule has 5 nitrogen and oxygen atoms in total. The number of benzene rings is 1. The molecule has 0 saturated heterocycles. The number of rotatable bonds is 4. The lowest BCUT2D eigenvalue weighted by atomic mass is 9.74. The van der Waals surface area contributed by atoms with Crippen LogP contribution in [-0.2, 0) is 19.7 Å². The van der Waals surface area contributed by atoms with E-state index in [9.17, 15) is 9.59 Å². The molecule has 2 unspecified atom stereocenters. The normalized spacial score (nSPS) is 23.3. The van der Waals surface area contributed by atoms with Crippen molar-refractivity contribution in [3.8, 4) is 0 Å². The first-order valence-corrected chi connectivity index (χ1v) is 8.47. The molecule has 0 aromatic heterocycles. The molecule has 1 saturated carbocycles. The summed E-state index contributed by atoms with van der Waals surface area (Å²) in [5, 5.41) is 2.95. The molecule has 140 valence electrons. The van der Waals surface area contributed by atoms with E-state index in [4.69, 9.17) is 10.5 Å². The zero-order chi connectivity index (χ0) is 18.0. The van der Waals surface area contributed by atoms with Crippen LogP contribution in [-0.4, -0.2) is 24.5 Å². The summed E-state index contributed by atoms with van der Waals surface area (Å²) in [5.41, 5.74) is 6.67.